The molecular weight excluding hydrogens is 330 g/mol. The van der Waals surface area contributed by atoms with Crippen molar-refractivity contribution in [1.29, 1.82) is 0 Å². The summed E-state index contributed by atoms with van der Waals surface area (Å²) < 4.78 is 26.3. The van der Waals surface area contributed by atoms with Crippen molar-refractivity contribution in [3.05, 3.63) is 59.2 Å². The number of hydrogen-bond donors (Lipinski definition) is 3. The SMILES string of the molecule is Cc1cccc(C)c1NC(=O)C(CC(=O)O)Nc1ccc(F)c(F)c1. The summed E-state index contributed by atoms with van der Waals surface area (Å²) in [6.07, 6.45) is -0.518. The number of amides is 1. The number of carbonyl (C=O) groups is 2. The van der Waals surface area contributed by atoms with E-state index in [0.717, 1.165) is 23.3 Å². The van der Waals surface area contributed by atoms with Crippen molar-refractivity contribution in [2.45, 2.75) is 26.3 Å². The maximum atomic E-state index is 13.3. The molecule has 1 atom stereocenters. The molecule has 0 spiro atoms. The van der Waals surface area contributed by atoms with Gasteiger partial charge in [0, 0.05) is 17.4 Å². The van der Waals surface area contributed by atoms with Crippen LogP contribution in [0.3, 0.4) is 0 Å². The Morgan fingerprint density at radius 3 is 2.28 bits per heavy atom. The first kappa shape index (κ1) is 18.4. The quantitative estimate of drug-likeness (QED) is 0.747. The first-order valence-electron chi connectivity index (χ1n) is 7.58. The minimum atomic E-state index is -1.20. The molecule has 0 aliphatic rings. The lowest BCUT2D eigenvalue weighted by molar-refractivity contribution is -0.138. The summed E-state index contributed by atoms with van der Waals surface area (Å²) in [7, 11) is 0. The van der Waals surface area contributed by atoms with Crippen molar-refractivity contribution in [3.63, 3.8) is 0 Å². The van der Waals surface area contributed by atoms with Gasteiger partial charge in [-0.1, -0.05) is 18.2 Å². The van der Waals surface area contributed by atoms with Gasteiger partial charge in [-0.25, -0.2) is 8.78 Å². The molecule has 0 aromatic heterocycles. The lowest BCUT2D eigenvalue weighted by Crippen LogP contribution is -2.37. The van der Waals surface area contributed by atoms with Crippen LogP contribution in [0, 0.1) is 25.5 Å². The summed E-state index contributed by atoms with van der Waals surface area (Å²) in [5, 5.41) is 14.4. The second-order valence-corrected chi connectivity index (χ2v) is 5.68. The van der Waals surface area contributed by atoms with Crippen molar-refractivity contribution in [3.8, 4) is 0 Å². The van der Waals surface area contributed by atoms with Crippen molar-refractivity contribution < 1.29 is 23.5 Å². The number of halogens is 2. The largest absolute Gasteiger partial charge is 0.481 e. The van der Waals surface area contributed by atoms with Gasteiger partial charge < -0.3 is 15.7 Å². The first-order valence-corrected chi connectivity index (χ1v) is 7.58. The van der Waals surface area contributed by atoms with Crippen LogP contribution in [0.4, 0.5) is 20.2 Å². The molecule has 3 N–H and O–H groups in total. The fourth-order valence-electron chi connectivity index (χ4n) is 2.39. The average Bonchev–Trinajstić information content (AvgIpc) is 2.53. The maximum absolute atomic E-state index is 13.3. The molecule has 7 heteroatoms. The zero-order valence-corrected chi connectivity index (χ0v) is 13.8. The van der Waals surface area contributed by atoms with Crippen LogP contribution in [-0.4, -0.2) is 23.0 Å². The summed E-state index contributed by atoms with van der Waals surface area (Å²) in [5.74, 6) is -3.89. The third-order valence-corrected chi connectivity index (χ3v) is 3.69. The monoisotopic (exact) mass is 348 g/mol. The summed E-state index contributed by atoms with van der Waals surface area (Å²) in [4.78, 5) is 23.6. The Morgan fingerprint density at radius 1 is 1.08 bits per heavy atom. The third kappa shape index (κ3) is 4.76. The number of hydrogen-bond acceptors (Lipinski definition) is 3. The Bertz CT molecular complexity index is 789. The van der Waals surface area contributed by atoms with E-state index in [2.05, 4.69) is 10.6 Å². The van der Waals surface area contributed by atoms with E-state index in [-0.39, 0.29) is 5.69 Å². The van der Waals surface area contributed by atoms with Crippen molar-refractivity contribution in [2.24, 2.45) is 0 Å². The van der Waals surface area contributed by atoms with Crippen LogP contribution in [0.2, 0.25) is 0 Å². The van der Waals surface area contributed by atoms with Crippen LogP contribution >= 0.6 is 0 Å². The van der Waals surface area contributed by atoms with Crippen molar-refractivity contribution in [2.75, 3.05) is 10.6 Å². The summed E-state index contributed by atoms with van der Waals surface area (Å²) in [6, 6.07) is 7.33. The summed E-state index contributed by atoms with van der Waals surface area (Å²) in [5.41, 5.74) is 2.36. The second-order valence-electron chi connectivity index (χ2n) is 5.68. The smallest absolute Gasteiger partial charge is 0.305 e. The van der Waals surface area contributed by atoms with Crippen molar-refractivity contribution >= 4 is 23.3 Å². The van der Waals surface area contributed by atoms with Crippen LogP contribution in [0.5, 0.6) is 0 Å². The van der Waals surface area contributed by atoms with E-state index < -0.39 is 36.0 Å². The lowest BCUT2D eigenvalue weighted by Gasteiger charge is -2.19. The fraction of sp³-hybridized carbons (Fsp3) is 0.222. The molecule has 0 radical (unpaired) electrons. The molecule has 0 bridgehead atoms. The molecule has 0 heterocycles. The lowest BCUT2D eigenvalue weighted by atomic mass is 10.1. The number of nitrogens with one attached hydrogen (secondary N) is 2. The molecule has 2 aromatic carbocycles. The number of carboxylic acids is 1. The predicted molar refractivity (Wildman–Crippen MR) is 90.6 cm³/mol. The van der Waals surface area contributed by atoms with Crippen LogP contribution in [0.15, 0.2) is 36.4 Å². The van der Waals surface area contributed by atoms with E-state index in [1.807, 2.05) is 32.0 Å². The number of aryl methyl sites for hydroxylation is 2. The van der Waals surface area contributed by atoms with Gasteiger partial charge >= 0.3 is 5.97 Å². The van der Waals surface area contributed by atoms with Gasteiger partial charge in [-0.15, -0.1) is 0 Å². The zero-order valence-electron chi connectivity index (χ0n) is 13.8. The third-order valence-electron chi connectivity index (χ3n) is 3.69. The van der Waals surface area contributed by atoms with Gasteiger partial charge in [-0.05, 0) is 37.1 Å². The van der Waals surface area contributed by atoms with Crippen LogP contribution in [0.1, 0.15) is 17.5 Å². The Hall–Kier alpha value is -2.96. The van der Waals surface area contributed by atoms with Gasteiger partial charge in [0.25, 0.3) is 0 Å². The van der Waals surface area contributed by atoms with Gasteiger partial charge in [-0.3, -0.25) is 9.59 Å². The highest BCUT2D eigenvalue weighted by Gasteiger charge is 2.23. The molecule has 0 saturated heterocycles. The number of carboxylic acid groups (broad SMARTS) is 1. The number of benzene rings is 2. The highest BCUT2D eigenvalue weighted by atomic mass is 19.2. The molecular formula is C18H18F2N2O3. The highest BCUT2D eigenvalue weighted by Crippen LogP contribution is 2.21. The van der Waals surface area contributed by atoms with E-state index in [9.17, 15) is 18.4 Å². The van der Waals surface area contributed by atoms with E-state index >= 15 is 0 Å². The zero-order chi connectivity index (χ0) is 18.6. The van der Waals surface area contributed by atoms with Crippen molar-refractivity contribution in [1.82, 2.24) is 0 Å². The van der Waals surface area contributed by atoms with E-state index in [0.29, 0.717) is 5.69 Å². The molecule has 132 valence electrons. The van der Waals surface area contributed by atoms with Crippen LogP contribution < -0.4 is 10.6 Å². The molecule has 5 nitrogen and oxygen atoms in total. The number of aliphatic carboxylic acids is 1. The predicted octanol–water partition coefficient (Wildman–Crippen LogP) is 3.48. The van der Waals surface area contributed by atoms with Crippen LogP contribution in [-0.2, 0) is 9.59 Å². The van der Waals surface area contributed by atoms with E-state index in [4.69, 9.17) is 5.11 Å². The molecule has 1 amide bonds. The standard InChI is InChI=1S/C18H18F2N2O3/c1-10-4-3-5-11(2)17(10)22-18(25)15(9-16(23)24)21-12-6-7-13(19)14(20)8-12/h3-8,15,21H,9H2,1-2H3,(H,22,25)(H,23,24). The first-order chi connectivity index (χ1) is 11.8. The second kappa shape index (κ2) is 7.74. The number of anilines is 2. The van der Waals surface area contributed by atoms with E-state index in [1.54, 1.807) is 0 Å². The van der Waals surface area contributed by atoms with Gasteiger partial charge in [-0.2, -0.15) is 0 Å². The molecule has 1 unspecified atom stereocenters. The maximum Gasteiger partial charge on any atom is 0.305 e. The average molecular weight is 348 g/mol. The normalized spacial score (nSPS) is 11.7. The molecule has 0 saturated carbocycles. The van der Waals surface area contributed by atoms with Gasteiger partial charge in [0.05, 0.1) is 6.42 Å². The number of para-hydroxylation sites is 1. The molecule has 25 heavy (non-hydrogen) atoms. The summed E-state index contributed by atoms with van der Waals surface area (Å²) in [6.45, 7) is 3.63. The minimum absolute atomic E-state index is 0.113. The van der Waals surface area contributed by atoms with Gasteiger partial charge in [0.15, 0.2) is 11.6 Å². The Labute approximate surface area is 143 Å². The molecule has 0 aliphatic carbocycles. The summed E-state index contributed by atoms with van der Waals surface area (Å²) >= 11 is 0. The highest BCUT2D eigenvalue weighted by molar-refractivity contribution is 5.99. The minimum Gasteiger partial charge on any atom is -0.481 e. The van der Waals surface area contributed by atoms with Gasteiger partial charge in [0.1, 0.15) is 6.04 Å². The fourth-order valence-corrected chi connectivity index (χ4v) is 2.39. The molecule has 0 aliphatic heterocycles. The Kier molecular flexibility index (Phi) is 5.69. The Morgan fingerprint density at radius 2 is 1.72 bits per heavy atom. The molecule has 2 aromatic rings. The van der Waals surface area contributed by atoms with Crippen LogP contribution in [0.25, 0.3) is 0 Å². The number of rotatable bonds is 6. The Balaban J connectivity index is 2.22. The molecule has 0 fully saturated rings. The molecule has 2 rings (SSSR count). The van der Waals surface area contributed by atoms with Gasteiger partial charge in [0.2, 0.25) is 5.91 Å². The topological polar surface area (TPSA) is 78.4 Å². The number of carbonyl (C=O) groups excluding carboxylic acids is 1. The van der Waals surface area contributed by atoms with E-state index in [1.165, 1.54) is 6.07 Å².